The zero-order valence-corrected chi connectivity index (χ0v) is 20.2. The van der Waals surface area contributed by atoms with Crippen LogP contribution in [-0.2, 0) is 6.42 Å². The van der Waals surface area contributed by atoms with Gasteiger partial charge in [-0.05, 0) is 72.5 Å². The number of pyridine rings is 1. The third-order valence-electron chi connectivity index (χ3n) is 5.69. The number of aromatic nitrogens is 1. The van der Waals surface area contributed by atoms with Gasteiger partial charge in [-0.25, -0.2) is 0 Å². The topological polar surface area (TPSA) is 59.0 Å². The Balaban J connectivity index is 1.85. The van der Waals surface area contributed by atoms with Gasteiger partial charge >= 0.3 is 0 Å². The molecule has 0 saturated heterocycles. The summed E-state index contributed by atoms with van der Waals surface area (Å²) in [6.07, 6.45) is 0.608. The predicted octanol–water partition coefficient (Wildman–Crippen LogP) is 5.93. The van der Waals surface area contributed by atoms with Crippen molar-refractivity contribution in [1.29, 1.82) is 0 Å². The van der Waals surface area contributed by atoms with Crippen LogP contribution in [0.25, 0.3) is 22.0 Å². The second-order valence-corrected chi connectivity index (χ2v) is 7.71. The van der Waals surface area contributed by atoms with Crippen molar-refractivity contribution in [2.24, 2.45) is 0 Å². The van der Waals surface area contributed by atoms with Gasteiger partial charge in [-0.3, -0.25) is 4.98 Å². The van der Waals surface area contributed by atoms with E-state index in [0.717, 1.165) is 39.0 Å². The summed E-state index contributed by atoms with van der Waals surface area (Å²) >= 11 is 0. The van der Waals surface area contributed by atoms with Crippen molar-refractivity contribution >= 4 is 10.8 Å². The quantitative estimate of drug-likeness (QED) is 0.309. The van der Waals surface area contributed by atoms with Crippen molar-refractivity contribution in [3.05, 3.63) is 71.9 Å². The van der Waals surface area contributed by atoms with Crippen LogP contribution in [0.4, 0.5) is 0 Å². The summed E-state index contributed by atoms with van der Waals surface area (Å²) < 4.78 is 27.6. The van der Waals surface area contributed by atoms with Gasteiger partial charge in [0, 0.05) is 17.4 Å². The first kappa shape index (κ1) is 23.2. The van der Waals surface area contributed by atoms with Gasteiger partial charge in [0.05, 0.1) is 46.4 Å². The Morgan fingerprint density at radius 2 is 1.32 bits per heavy atom. The molecule has 0 aliphatic carbocycles. The number of fused-ring (bicyclic) bond motifs is 1. The number of hydrogen-bond donors (Lipinski definition) is 0. The minimum absolute atomic E-state index is 0.608. The molecule has 34 heavy (non-hydrogen) atoms. The van der Waals surface area contributed by atoms with Crippen LogP contribution < -0.4 is 23.7 Å². The highest BCUT2D eigenvalue weighted by atomic mass is 16.5. The number of rotatable bonds is 9. The minimum atomic E-state index is 0.608. The molecule has 4 aromatic rings. The summed E-state index contributed by atoms with van der Waals surface area (Å²) in [5.74, 6) is 3.56. The summed E-state index contributed by atoms with van der Waals surface area (Å²) in [7, 11) is 6.55. The molecular formula is C28H29NO5. The van der Waals surface area contributed by atoms with Gasteiger partial charge in [-0.15, -0.1) is 0 Å². The standard InChI is InChI=1S/C28H29NO5/c1-6-34-21-10-8-19(9-11-21)23-15-20-16-27(32-4)28(33-5)17-22(20)24(29-23)13-18-7-12-25(30-2)26(14-18)31-3/h7-12,14-17H,6,13H2,1-5H3. The average Bonchev–Trinajstić information content (AvgIpc) is 2.88. The summed E-state index contributed by atoms with van der Waals surface area (Å²) in [4.78, 5) is 5.06. The Bertz CT molecular complexity index is 1280. The SMILES string of the molecule is CCOc1ccc(-c2cc3cc(OC)c(OC)cc3c(Cc3ccc(OC)c(OC)c3)n2)cc1. The van der Waals surface area contributed by atoms with Gasteiger partial charge in [-0.1, -0.05) is 6.07 Å². The zero-order valence-electron chi connectivity index (χ0n) is 20.2. The van der Waals surface area contributed by atoms with Gasteiger partial charge in [-0.2, -0.15) is 0 Å². The molecule has 4 rings (SSSR count). The number of ether oxygens (including phenoxy) is 5. The van der Waals surface area contributed by atoms with Gasteiger partial charge < -0.3 is 23.7 Å². The maximum atomic E-state index is 5.59. The van der Waals surface area contributed by atoms with Gasteiger partial charge in [0.15, 0.2) is 23.0 Å². The van der Waals surface area contributed by atoms with Crippen LogP contribution in [0, 0.1) is 0 Å². The number of benzene rings is 3. The van der Waals surface area contributed by atoms with Crippen molar-refractivity contribution in [1.82, 2.24) is 4.98 Å². The molecule has 0 saturated carbocycles. The van der Waals surface area contributed by atoms with E-state index in [2.05, 4.69) is 6.07 Å². The molecule has 0 bridgehead atoms. The first-order valence-corrected chi connectivity index (χ1v) is 11.1. The lowest BCUT2D eigenvalue weighted by molar-refractivity contribution is 0.340. The first-order chi connectivity index (χ1) is 16.6. The molecule has 0 aliphatic rings. The molecule has 3 aromatic carbocycles. The molecule has 6 heteroatoms. The third kappa shape index (κ3) is 4.71. The van der Waals surface area contributed by atoms with E-state index in [1.54, 1.807) is 28.4 Å². The number of methoxy groups -OCH3 is 4. The fourth-order valence-corrected chi connectivity index (χ4v) is 4.00. The third-order valence-corrected chi connectivity index (χ3v) is 5.69. The van der Waals surface area contributed by atoms with Crippen molar-refractivity contribution < 1.29 is 23.7 Å². The Labute approximate surface area is 200 Å². The highest BCUT2D eigenvalue weighted by Gasteiger charge is 2.15. The van der Waals surface area contributed by atoms with Gasteiger partial charge in [0.25, 0.3) is 0 Å². The summed E-state index contributed by atoms with van der Waals surface area (Å²) in [6.45, 7) is 2.60. The predicted molar refractivity (Wildman–Crippen MR) is 134 cm³/mol. The van der Waals surface area contributed by atoms with E-state index < -0.39 is 0 Å². The number of nitrogens with zero attached hydrogens (tertiary/aromatic N) is 1. The van der Waals surface area contributed by atoms with Crippen LogP contribution in [-0.4, -0.2) is 40.0 Å². The normalized spacial score (nSPS) is 10.7. The molecular weight excluding hydrogens is 430 g/mol. The summed E-state index contributed by atoms with van der Waals surface area (Å²) in [6, 6.07) is 20.0. The molecule has 0 N–H and O–H groups in total. The summed E-state index contributed by atoms with van der Waals surface area (Å²) in [5.41, 5.74) is 3.87. The molecule has 1 aromatic heterocycles. The fourth-order valence-electron chi connectivity index (χ4n) is 4.00. The Morgan fingerprint density at radius 1 is 0.676 bits per heavy atom. The Hall–Kier alpha value is -3.93. The molecule has 176 valence electrons. The highest BCUT2D eigenvalue weighted by Crippen LogP contribution is 2.36. The second-order valence-electron chi connectivity index (χ2n) is 7.71. The van der Waals surface area contributed by atoms with Crippen LogP contribution >= 0.6 is 0 Å². The minimum Gasteiger partial charge on any atom is -0.494 e. The lowest BCUT2D eigenvalue weighted by atomic mass is 10.00. The van der Waals surface area contributed by atoms with Crippen molar-refractivity contribution in [3.8, 4) is 40.0 Å². The lowest BCUT2D eigenvalue weighted by Crippen LogP contribution is -2.00. The molecule has 0 amide bonds. The molecule has 0 radical (unpaired) electrons. The van der Waals surface area contributed by atoms with E-state index in [1.807, 2.05) is 61.5 Å². The van der Waals surface area contributed by atoms with Crippen LogP contribution in [0.5, 0.6) is 28.7 Å². The van der Waals surface area contributed by atoms with Crippen LogP contribution in [0.3, 0.4) is 0 Å². The van der Waals surface area contributed by atoms with E-state index in [-0.39, 0.29) is 0 Å². The van der Waals surface area contributed by atoms with E-state index >= 15 is 0 Å². The molecule has 0 spiro atoms. The Morgan fingerprint density at radius 3 is 1.97 bits per heavy atom. The summed E-state index contributed by atoms with van der Waals surface area (Å²) in [5, 5.41) is 2.02. The monoisotopic (exact) mass is 459 g/mol. The van der Waals surface area contributed by atoms with Crippen LogP contribution in [0.2, 0.25) is 0 Å². The highest BCUT2D eigenvalue weighted by molar-refractivity contribution is 5.91. The van der Waals surface area contributed by atoms with E-state index in [1.165, 1.54) is 0 Å². The van der Waals surface area contributed by atoms with Crippen LogP contribution in [0.1, 0.15) is 18.2 Å². The van der Waals surface area contributed by atoms with Crippen LogP contribution in [0.15, 0.2) is 60.7 Å². The van der Waals surface area contributed by atoms with E-state index in [9.17, 15) is 0 Å². The molecule has 1 heterocycles. The van der Waals surface area contributed by atoms with E-state index in [0.29, 0.717) is 36.0 Å². The Kier molecular flexibility index (Phi) is 7.07. The molecule has 0 aliphatic heterocycles. The van der Waals surface area contributed by atoms with Crippen molar-refractivity contribution in [2.45, 2.75) is 13.3 Å². The van der Waals surface area contributed by atoms with Gasteiger partial charge in [0.1, 0.15) is 5.75 Å². The van der Waals surface area contributed by atoms with Crippen molar-refractivity contribution in [3.63, 3.8) is 0 Å². The maximum absolute atomic E-state index is 5.59. The maximum Gasteiger partial charge on any atom is 0.161 e. The molecule has 0 atom stereocenters. The molecule has 0 unspecified atom stereocenters. The first-order valence-electron chi connectivity index (χ1n) is 11.1. The largest absolute Gasteiger partial charge is 0.494 e. The second kappa shape index (κ2) is 10.3. The number of hydrogen-bond acceptors (Lipinski definition) is 6. The van der Waals surface area contributed by atoms with E-state index in [4.69, 9.17) is 28.7 Å². The fraction of sp³-hybridized carbons (Fsp3) is 0.250. The smallest absolute Gasteiger partial charge is 0.161 e. The molecule has 6 nitrogen and oxygen atoms in total. The molecule has 0 fully saturated rings. The lowest BCUT2D eigenvalue weighted by Gasteiger charge is -2.15. The zero-order chi connectivity index (χ0) is 24.1. The van der Waals surface area contributed by atoms with Gasteiger partial charge in [0.2, 0.25) is 0 Å². The van der Waals surface area contributed by atoms with Crippen molar-refractivity contribution in [2.75, 3.05) is 35.0 Å². The average molecular weight is 460 g/mol.